The van der Waals surface area contributed by atoms with Gasteiger partial charge in [0.05, 0.1) is 24.6 Å². The average molecular weight is 496 g/mol. The van der Waals surface area contributed by atoms with Gasteiger partial charge in [-0.05, 0) is 18.2 Å². The fourth-order valence-electron chi connectivity index (χ4n) is 3.69. The third kappa shape index (κ3) is 4.05. The van der Waals surface area contributed by atoms with E-state index in [1.165, 1.54) is 35.4 Å². The molecule has 0 bridgehead atoms. The molecule has 4 aromatic rings. The van der Waals surface area contributed by atoms with Crippen molar-refractivity contribution in [2.75, 3.05) is 30.4 Å². The largest absolute Gasteiger partial charge is 0.495 e. The Hall–Kier alpha value is -4.39. The maximum atomic E-state index is 15.0. The minimum absolute atomic E-state index is 0.0445. The summed E-state index contributed by atoms with van der Waals surface area (Å²) in [5, 5.41) is 14.0. The molecule has 0 aromatic carbocycles. The van der Waals surface area contributed by atoms with Crippen molar-refractivity contribution >= 4 is 45.9 Å². The van der Waals surface area contributed by atoms with Crippen LogP contribution in [0.2, 0.25) is 0 Å². The van der Waals surface area contributed by atoms with Crippen molar-refractivity contribution in [3.05, 3.63) is 63.8 Å². The van der Waals surface area contributed by atoms with Crippen LogP contribution in [0.4, 0.5) is 16.0 Å². The Morgan fingerprint density at radius 2 is 2.09 bits per heavy atom. The fraction of sp³-hybridized carbons (Fsp3) is 0.182. The molecule has 0 atom stereocenters. The van der Waals surface area contributed by atoms with Crippen molar-refractivity contribution in [2.24, 2.45) is 5.92 Å². The van der Waals surface area contributed by atoms with Crippen LogP contribution in [0.25, 0.3) is 16.2 Å². The molecule has 0 aliphatic carbocycles. The van der Waals surface area contributed by atoms with E-state index in [2.05, 4.69) is 20.3 Å². The van der Waals surface area contributed by atoms with Crippen LogP contribution in [0, 0.1) is 11.7 Å². The number of halogens is 1. The van der Waals surface area contributed by atoms with Crippen LogP contribution in [0.15, 0.2) is 47.0 Å². The lowest BCUT2D eigenvalue weighted by molar-refractivity contribution is -0.120. The smallest absolute Gasteiger partial charge is 0.341 e. The predicted molar refractivity (Wildman–Crippen MR) is 125 cm³/mol. The van der Waals surface area contributed by atoms with Crippen LogP contribution < -0.4 is 20.4 Å². The molecule has 0 radical (unpaired) electrons. The number of carboxylic acids is 1. The van der Waals surface area contributed by atoms with E-state index >= 15 is 0 Å². The highest BCUT2D eigenvalue weighted by Gasteiger charge is 2.35. The standard InChI is InChI=1S/C22H17FN6O5S/c1-34-12-2-3-16(25-7-12)26-20(31)11-8-28(9-11)19-15(23)6-13-17(30)14(21(32)33)10-29(18(13)27-19)22-24-4-5-35-22/h2-7,10-11H,8-9H2,1H3,(H,32,33)(H,25,26,31). The van der Waals surface area contributed by atoms with E-state index < -0.39 is 28.7 Å². The number of aromatic nitrogens is 4. The minimum atomic E-state index is -1.44. The summed E-state index contributed by atoms with van der Waals surface area (Å²) in [4.78, 5) is 50.9. The van der Waals surface area contributed by atoms with Crippen molar-refractivity contribution < 1.29 is 23.8 Å². The molecule has 0 spiro atoms. The molecule has 35 heavy (non-hydrogen) atoms. The summed E-state index contributed by atoms with van der Waals surface area (Å²) in [6.07, 6.45) is 4.13. The van der Waals surface area contributed by atoms with Crippen LogP contribution in [-0.4, -0.2) is 56.7 Å². The zero-order valence-corrected chi connectivity index (χ0v) is 19.0. The predicted octanol–water partition coefficient (Wildman–Crippen LogP) is 2.16. The lowest BCUT2D eigenvalue weighted by atomic mass is 9.99. The fourth-order valence-corrected chi connectivity index (χ4v) is 4.31. The van der Waals surface area contributed by atoms with Gasteiger partial charge in [-0.2, -0.15) is 0 Å². The molecule has 4 aromatic heterocycles. The number of thiazole rings is 1. The van der Waals surface area contributed by atoms with Crippen LogP contribution in [0.3, 0.4) is 0 Å². The van der Waals surface area contributed by atoms with E-state index in [1.54, 1.807) is 22.4 Å². The van der Waals surface area contributed by atoms with E-state index in [0.717, 1.165) is 12.3 Å². The molecule has 1 aliphatic heterocycles. The maximum Gasteiger partial charge on any atom is 0.341 e. The van der Waals surface area contributed by atoms with Crippen LogP contribution >= 0.6 is 11.3 Å². The number of aromatic carboxylic acids is 1. The van der Waals surface area contributed by atoms with Gasteiger partial charge in [0.15, 0.2) is 22.4 Å². The molecule has 11 nitrogen and oxygen atoms in total. The number of pyridine rings is 3. The molecule has 1 aliphatic rings. The number of amides is 1. The Bertz CT molecular complexity index is 1500. The number of ether oxygens (including phenoxy) is 1. The van der Waals surface area contributed by atoms with Gasteiger partial charge in [0, 0.05) is 30.9 Å². The highest BCUT2D eigenvalue weighted by atomic mass is 32.1. The van der Waals surface area contributed by atoms with Gasteiger partial charge in [0.25, 0.3) is 0 Å². The number of nitrogens with zero attached hydrogens (tertiary/aromatic N) is 5. The van der Waals surface area contributed by atoms with Crippen molar-refractivity contribution in [1.29, 1.82) is 0 Å². The van der Waals surface area contributed by atoms with E-state index in [4.69, 9.17) is 4.74 Å². The summed E-state index contributed by atoms with van der Waals surface area (Å²) >= 11 is 1.21. The summed E-state index contributed by atoms with van der Waals surface area (Å²) in [6, 6.07) is 4.26. The average Bonchev–Trinajstić information content (AvgIpc) is 3.34. The number of hydrogen-bond donors (Lipinski definition) is 2. The van der Waals surface area contributed by atoms with Crippen LogP contribution in [0.1, 0.15) is 10.4 Å². The third-order valence-electron chi connectivity index (χ3n) is 5.54. The number of hydrogen-bond acceptors (Lipinski definition) is 9. The topological polar surface area (TPSA) is 140 Å². The van der Waals surface area contributed by atoms with Gasteiger partial charge < -0.3 is 20.1 Å². The molecule has 13 heteroatoms. The Morgan fingerprint density at radius 3 is 2.71 bits per heavy atom. The van der Waals surface area contributed by atoms with Crippen LogP contribution in [0.5, 0.6) is 5.75 Å². The molecule has 1 saturated heterocycles. The van der Waals surface area contributed by atoms with E-state index in [1.807, 2.05) is 0 Å². The molecule has 1 amide bonds. The molecule has 2 N–H and O–H groups in total. The first-order chi connectivity index (χ1) is 16.9. The van der Waals surface area contributed by atoms with Crippen molar-refractivity contribution in [3.63, 3.8) is 0 Å². The first kappa shape index (κ1) is 22.4. The number of methoxy groups -OCH3 is 1. The van der Waals surface area contributed by atoms with E-state index in [9.17, 15) is 23.9 Å². The van der Waals surface area contributed by atoms with Gasteiger partial charge in [-0.15, -0.1) is 11.3 Å². The molecule has 5 heterocycles. The Morgan fingerprint density at radius 1 is 1.29 bits per heavy atom. The molecule has 0 unspecified atom stereocenters. The number of rotatable bonds is 6. The second-order valence-corrected chi connectivity index (χ2v) is 8.57. The third-order valence-corrected chi connectivity index (χ3v) is 6.31. The number of nitrogens with one attached hydrogen (secondary N) is 1. The monoisotopic (exact) mass is 496 g/mol. The van der Waals surface area contributed by atoms with Crippen molar-refractivity contribution in [1.82, 2.24) is 19.5 Å². The summed E-state index contributed by atoms with van der Waals surface area (Å²) in [5.41, 5.74) is -1.29. The summed E-state index contributed by atoms with van der Waals surface area (Å²) in [5.74, 6) is -2.05. The summed E-state index contributed by atoms with van der Waals surface area (Å²) in [7, 11) is 1.51. The number of carboxylic acid groups (broad SMARTS) is 1. The first-order valence-electron chi connectivity index (χ1n) is 10.3. The molecule has 0 saturated carbocycles. The Labute approximate surface area is 200 Å². The normalized spacial score (nSPS) is 13.5. The van der Waals surface area contributed by atoms with Gasteiger partial charge in [-0.1, -0.05) is 0 Å². The minimum Gasteiger partial charge on any atom is -0.495 e. The number of fused-ring (bicyclic) bond motifs is 1. The highest BCUT2D eigenvalue weighted by Crippen LogP contribution is 2.29. The van der Waals surface area contributed by atoms with E-state index in [-0.39, 0.29) is 35.8 Å². The Kier molecular flexibility index (Phi) is 5.61. The highest BCUT2D eigenvalue weighted by molar-refractivity contribution is 7.12. The number of carbonyl (C=O) groups excluding carboxylic acids is 1. The summed E-state index contributed by atoms with van der Waals surface area (Å²) in [6.45, 7) is 0.401. The number of carbonyl (C=O) groups is 2. The van der Waals surface area contributed by atoms with Gasteiger partial charge in [0.2, 0.25) is 11.3 Å². The zero-order chi connectivity index (χ0) is 24.7. The van der Waals surface area contributed by atoms with Crippen LogP contribution in [-0.2, 0) is 4.79 Å². The van der Waals surface area contributed by atoms with Gasteiger partial charge in [0.1, 0.15) is 17.1 Å². The Balaban J connectivity index is 1.42. The van der Waals surface area contributed by atoms with Gasteiger partial charge in [-0.25, -0.2) is 24.1 Å². The lowest BCUT2D eigenvalue weighted by Crippen LogP contribution is -2.52. The molecular formula is C22H17FN6O5S. The van der Waals surface area contributed by atoms with Gasteiger partial charge >= 0.3 is 5.97 Å². The van der Waals surface area contributed by atoms with Gasteiger partial charge in [-0.3, -0.25) is 14.2 Å². The molecular weight excluding hydrogens is 479 g/mol. The first-order valence-corrected chi connectivity index (χ1v) is 11.2. The molecule has 1 fully saturated rings. The quantitative estimate of drug-likeness (QED) is 0.411. The van der Waals surface area contributed by atoms with Crippen molar-refractivity contribution in [3.8, 4) is 10.9 Å². The van der Waals surface area contributed by atoms with Crippen molar-refractivity contribution in [2.45, 2.75) is 0 Å². The molecule has 5 rings (SSSR count). The summed E-state index contributed by atoms with van der Waals surface area (Å²) < 4.78 is 21.4. The second kappa shape index (κ2) is 8.76. The number of anilines is 2. The zero-order valence-electron chi connectivity index (χ0n) is 18.1. The maximum absolute atomic E-state index is 15.0. The lowest BCUT2D eigenvalue weighted by Gasteiger charge is -2.39. The SMILES string of the molecule is COc1ccc(NC(=O)C2CN(c3nc4c(cc3F)c(=O)c(C(=O)O)cn4-c3nccs3)C2)nc1. The second-order valence-electron chi connectivity index (χ2n) is 7.70. The molecule has 178 valence electrons. The van der Waals surface area contributed by atoms with E-state index in [0.29, 0.717) is 16.7 Å².